The molecule has 0 aliphatic rings. The summed E-state index contributed by atoms with van der Waals surface area (Å²) in [6.07, 6.45) is -1.99. The summed E-state index contributed by atoms with van der Waals surface area (Å²) in [5, 5.41) is 40.7. The molecule has 0 radical (unpaired) electrons. The molecule has 0 aliphatic heterocycles. The normalized spacial score (nSPS) is 13.0. The number of hydrogen-bond donors (Lipinski definition) is 4. The van der Waals surface area contributed by atoms with Crippen molar-refractivity contribution in [2.45, 2.75) is 30.2 Å². The molecule has 12 heteroatoms. The first-order chi connectivity index (χ1) is 14.1. The Morgan fingerprint density at radius 2 is 1.68 bits per heavy atom. The van der Waals surface area contributed by atoms with Crippen LogP contribution in [0.3, 0.4) is 0 Å². The van der Waals surface area contributed by atoms with Crippen molar-refractivity contribution < 1.29 is 29.8 Å². The predicted molar refractivity (Wildman–Crippen MR) is 119 cm³/mol. The lowest BCUT2D eigenvalue weighted by Gasteiger charge is -2.22. The fourth-order valence-electron chi connectivity index (χ4n) is 2.19. The van der Waals surface area contributed by atoms with Crippen molar-refractivity contribution >= 4 is 47.2 Å². The van der Waals surface area contributed by atoms with E-state index in [1.165, 1.54) is 24.3 Å². The van der Waals surface area contributed by atoms with Gasteiger partial charge in [0, 0.05) is 12.1 Å². The van der Waals surface area contributed by atoms with E-state index in [2.05, 4.69) is 5.32 Å². The lowest BCUT2D eigenvalue weighted by atomic mass is 10.0. The van der Waals surface area contributed by atoms with Gasteiger partial charge in [0.05, 0.1) is 17.6 Å². The van der Waals surface area contributed by atoms with E-state index in [0.717, 1.165) is 0 Å². The summed E-state index contributed by atoms with van der Waals surface area (Å²) in [4.78, 5) is 19.9. The number of nitro benzene ring substituents is 1. The predicted octanol–water partition coefficient (Wildman–Crippen LogP) is 2.73. The topological polar surface area (TPSA) is 142 Å². The highest BCUT2D eigenvalue weighted by Crippen LogP contribution is 2.20. The quantitative estimate of drug-likeness (QED) is 0.190. The fourth-order valence-corrected chi connectivity index (χ4v) is 2.32. The van der Waals surface area contributed by atoms with Crippen molar-refractivity contribution in [3.63, 3.8) is 0 Å². The minimum absolute atomic E-state index is 0. The third kappa shape index (κ3) is 10.6. The van der Waals surface area contributed by atoms with Gasteiger partial charge in [-0.25, -0.2) is 0 Å². The molecule has 3 atom stereocenters. The molecule has 2 rings (SSSR count). The lowest BCUT2D eigenvalue weighted by Crippen LogP contribution is -2.44. The standard InChI is InChI=1S/C11H12Cl2N2O5.C8H10O2.ClH/c12-10(13)11(18)14-8(5-16)9(17)6-1-3-7(4-2-6)15(19)20;1-7(9)10-8-5-3-2-4-6-8;/h1-4,8-10,16-17H,5H2,(H,14,18);2-7,9H,1H3;1H. The maximum absolute atomic E-state index is 11.3. The number of halogens is 3. The number of nitrogens with zero attached hydrogens (tertiary/aromatic N) is 1. The number of ether oxygens (including phenoxy) is 1. The average molecular weight is 498 g/mol. The van der Waals surface area contributed by atoms with E-state index >= 15 is 0 Å². The minimum Gasteiger partial charge on any atom is -0.465 e. The first kappa shape index (κ1) is 28.9. The number of alkyl halides is 2. The van der Waals surface area contributed by atoms with Gasteiger partial charge in [0.2, 0.25) is 0 Å². The van der Waals surface area contributed by atoms with Crippen LogP contribution in [0.15, 0.2) is 54.6 Å². The number of rotatable bonds is 8. The number of aliphatic hydroxyl groups is 3. The van der Waals surface area contributed by atoms with E-state index in [0.29, 0.717) is 11.3 Å². The fraction of sp³-hybridized carbons (Fsp3) is 0.316. The molecule has 4 N–H and O–H groups in total. The number of nitrogens with one attached hydrogen (secondary N) is 1. The number of amides is 1. The summed E-state index contributed by atoms with van der Waals surface area (Å²) in [7, 11) is 0. The third-order valence-electron chi connectivity index (χ3n) is 3.60. The number of nitro groups is 1. The van der Waals surface area contributed by atoms with Crippen LogP contribution in [0.5, 0.6) is 5.75 Å². The van der Waals surface area contributed by atoms with Crippen LogP contribution in [0.25, 0.3) is 0 Å². The second-order valence-corrected chi connectivity index (χ2v) is 7.02. The van der Waals surface area contributed by atoms with Crippen molar-refractivity contribution in [2.24, 2.45) is 0 Å². The molecule has 1 amide bonds. The van der Waals surface area contributed by atoms with Gasteiger partial charge in [0.15, 0.2) is 11.1 Å². The van der Waals surface area contributed by atoms with Crippen LogP contribution >= 0.6 is 35.6 Å². The van der Waals surface area contributed by atoms with Crippen molar-refractivity contribution in [3.8, 4) is 5.75 Å². The molecule has 0 heterocycles. The highest BCUT2D eigenvalue weighted by Gasteiger charge is 2.24. The van der Waals surface area contributed by atoms with Crippen LogP contribution in [0.4, 0.5) is 5.69 Å². The maximum atomic E-state index is 11.3. The Morgan fingerprint density at radius 3 is 2.10 bits per heavy atom. The van der Waals surface area contributed by atoms with Crippen molar-refractivity contribution in [1.29, 1.82) is 0 Å². The number of aliphatic hydroxyl groups excluding tert-OH is 3. The van der Waals surface area contributed by atoms with E-state index in [9.17, 15) is 20.0 Å². The lowest BCUT2D eigenvalue weighted by molar-refractivity contribution is -0.384. The zero-order valence-electron chi connectivity index (χ0n) is 16.3. The molecule has 0 aliphatic carbocycles. The smallest absolute Gasteiger partial charge is 0.269 e. The third-order valence-corrected chi connectivity index (χ3v) is 4.00. The second-order valence-electron chi connectivity index (χ2n) is 5.92. The largest absolute Gasteiger partial charge is 0.465 e. The number of hydrogen-bond acceptors (Lipinski definition) is 7. The Hall–Kier alpha value is -2.14. The number of para-hydroxylation sites is 1. The first-order valence-corrected chi connectivity index (χ1v) is 9.54. The monoisotopic (exact) mass is 496 g/mol. The zero-order chi connectivity index (χ0) is 22.7. The van der Waals surface area contributed by atoms with E-state index < -0.39 is 40.7 Å². The number of carbonyl (C=O) groups is 1. The molecule has 9 nitrogen and oxygen atoms in total. The molecular weight excluding hydrogens is 475 g/mol. The van der Waals surface area contributed by atoms with E-state index in [-0.39, 0.29) is 18.1 Å². The summed E-state index contributed by atoms with van der Waals surface area (Å²) in [6.45, 7) is 1.03. The van der Waals surface area contributed by atoms with Crippen molar-refractivity contribution in [3.05, 3.63) is 70.3 Å². The summed E-state index contributed by atoms with van der Waals surface area (Å²) in [6, 6.07) is 13.3. The molecule has 3 unspecified atom stereocenters. The van der Waals surface area contributed by atoms with E-state index in [4.69, 9.17) is 38.2 Å². The van der Waals surface area contributed by atoms with Gasteiger partial charge in [-0.15, -0.1) is 12.4 Å². The highest BCUT2D eigenvalue weighted by molar-refractivity contribution is 6.53. The molecule has 0 saturated carbocycles. The van der Waals surface area contributed by atoms with Crippen molar-refractivity contribution in [2.75, 3.05) is 6.61 Å². The first-order valence-electron chi connectivity index (χ1n) is 8.67. The van der Waals surface area contributed by atoms with Crippen LogP contribution in [-0.2, 0) is 4.79 Å². The molecule has 31 heavy (non-hydrogen) atoms. The van der Waals surface area contributed by atoms with Crippen LogP contribution < -0.4 is 10.1 Å². The summed E-state index contributed by atoms with van der Waals surface area (Å²) in [5.41, 5.74) is 0.169. The maximum Gasteiger partial charge on any atom is 0.269 e. The zero-order valence-corrected chi connectivity index (χ0v) is 18.6. The van der Waals surface area contributed by atoms with Gasteiger partial charge in [-0.2, -0.15) is 0 Å². The van der Waals surface area contributed by atoms with Crippen LogP contribution in [-0.4, -0.2) is 49.9 Å². The molecule has 2 aromatic carbocycles. The molecule has 0 saturated heterocycles. The van der Waals surface area contributed by atoms with Gasteiger partial charge in [-0.1, -0.05) is 41.4 Å². The summed E-state index contributed by atoms with van der Waals surface area (Å²) >= 11 is 10.7. The number of carbonyl (C=O) groups excluding carboxylic acids is 1. The molecule has 172 valence electrons. The van der Waals surface area contributed by atoms with E-state index in [1.807, 2.05) is 18.2 Å². The van der Waals surface area contributed by atoms with Crippen LogP contribution in [0.1, 0.15) is 18.6 Å². The van der Waals surface area contributed by atoms with Crippen LogP contribution in [0, 0.1) is 10.1 Å². The highest BCUT2D eigenvalue weighted by atomic mass is 35.5. The van der Waals surface area contributed by atoms with Crippen LogP contribution in [0.2, 0.25) is 0 Å². The summed E-state index contributed by atoms with van der Waals surface area (Å²) < 4.78 is 4.97. The molecular formula is C19H23Cl3N2O7. The van der Waals surface area contributed by atoms with Gasteiger partial charge in [0.25, 0.3) is 11.6 Å². The molecule has 0 fully saturated rings. The Labute approximate surface area is 195 Å². The average Bonchev–Trinajstić information content (AvgIpc) is 2.72. The van der Waals surface area contributed by atoms with Gasteiger partial charge >= 0.3 is 0 Å². The number of benzene rings is 2. The van der Waals surface area contributed by atoms with Gasteiger partial charge < -0.3 is 25.4 Å². The van der Waals surface area contributed by atoms with Gasteiger partial charge in [-0.05, 0) is 36.8 Å². The van der Waals surface area contributed by atoms with Gasteiger partial charge in [0.1, 0.15) is 11.9 Å². The Bertz CT molecular complexity index is 793. The minimum atomic E-state index is -1.33. The molecule has 0 aromatic heterocycles. The number of non-ortho nitro benzene ring substituents is 1. The Balaban J connectivity index is 0.000000688. The SMILES string of the molecule is CC(O)Oc1ccccc1.Cl.O=C(NC(CO)C(O)c1ccc([N+](=O)[O-])cc1)C(Cl)Cl. The molecule has 2 aromatic rings. The summed E-state index contributed by atoms with van der Waals surface area (Å²) in [5.74, 6) is -0.0640. The second kappa shape index (κ2) is 14.8. The van der Waals surface area contributed by atoms with E-state index in [1.54, 1.807) is 19.1 Å². The Morgan fingerprint density at radius 1 is 1.13 bits per heavy atom. The van der Waals surface area contributed by atoms with Gasteiger partial charge in [-0.3, -0.25) is 14.9 Å². The Kier molecular flexibility index (Phi) is 13.8. The van der Waals surface area contributed by atoms with Crippen molar-refractivity contribution in [1.82, 2.24) is 5.32 Å². The molecule has 0 spiro atoms. The molecule has 0 bridgehead atoms.